The molecular formula is C19H12BrN3O6. The van der Waals surface area contributed by atoms with E-state index in [1.54, 1.807) is 36.4 Å². The first kappa shape index (κ1) is 18.7. The highest BCUT2D eigenvalue weighted by Gasteiger charge is 2.16. The molecule has 10 heteroatoms. The van der Waals surface area contributed by atoms with E-state index in [9.17, 15) is 19.2 Å². The lowest BCUT2D eigenvalue weighted by molar-refractivity contribution is -0.119. The first-order chi connectivity index (χ1) is 13.9. The van der Waals surface area contributed by atoms with Gasteiger partial charge in [0.1, 0.15) is 5.58 Å². The maximum absolute atomic E-state index is 12.2. The third-order valence-electron chi connectivity index (χ3n) is 4.05. The number of hydrogen-bond acceptors (Lipinski definition) is 6. The summed E-state index contributed by atoms with van der Waals surface area (Å²) in [4.78, 5) is 52.9. The van der Waals surface area contributed by atoms with Gasteiger partial charge in [-0.15, -0.1) is 0 Å². The summed E-state index contributed by atoms with van der Waals surface area (Å²) in [5.41, 5.74) is 0.934. The minimum absolute atomic E-state index is 0.245. The number of aromatic amines is 2. The van der Waals surface area contributed by atoms with Gasteiger partial charge in [-0.2, -0.15) is 0 Å². The zero-order valence-electron chi connectivity index (χ0n) is 14.6. The van der Waals surface area contributed by atoms with Crippen molar-refractivity contribution in [3.63, 3.8) is 0 Å². The quantitative estimate of drug-likeness (QED) is 0.403. The molecule has 0 atom stereocenters. The molecule has 3 N–H and O–H groups in total. The summed E-state index contributed by atoms with van der Waals surface area (Å²) in [6, 6.07) is 10.7. The van der Waals surface area contributed by atoms with Crippen LogP contribution in [0, 0.1) is 0 Å². The molecule has 9 nitrogen and oxygen atoms in total. The number of fused-ring (bicyclic) bond motifs is 2. The predicted molar refractivity (Wildman–Crippen MR) is 108 cm³/mol. The highest BCUT2D eigenvalue weighted by atomic mass is 79.9. The fourth-order valence-electron chi connectivity index (χ4n) is 2.74. The van der Waals surface area contributed by atoms with Gasteiger partial charge >= 0.3 is 11.7 Å². The number of hydrogen-bond donors (Lipinski definition) is 3. The number of imidazole rings is 1. The molecule has 4 aromatic rings. The predicted octanol–water partition coefficient (Wildman–Crippen LogP) is 2.52. The lowest BCUT2D eigenvalue weighted by atomic mass is 10.2. The van der Waals surface area contributed by atoms with Crippen LogP contribution in [0.2, 0.25) is 0 Å². The zero-order valence-corrected chi connectivity index (χ0v) is 16.2. The Morgan fingerprint density at radius 3 is 2.59 bits per heavy atom. The van der Waals surface area contributed by atoms with Crippen LogP contribution in [-0.2, 0) is 9.53 Å². The van der Waals surface area contributed by atoms with Crippen molar-refractivity contribution in [1.29, 1.82) is 0 Å². The normalized spacial score (nSPS) is 10.9. The smallest absolute Gasteiger partial charge is 0.374 e. The second-order valence-corrected chi connectivity index (χ2v) is 6.91. The molecule has 0 bridgehead atoms. The molecule has 146 valence electrons. The summed E-state index contributed by atoms with van der Waals surface area (Å²) in [7, 11) is 0. The third-order valence-corrected chi connectivity index (χ3v) is 4.70. The average Bonchev–Trinajstić information content (AvgIpc) is 3.05. The fraction of sp³-hybridized carbons (Fsp3) is 0.0526. The van der Waals surface area contributed by atoms with Crippen LogP contribution >= 0.6 is 15.9 Å². The Bertz CT molecular complexity index is 1380. The summed E-state index contributed by atoms with van der Waals surface area (Å²) < 4.78 is 10.8. The lowest BCUT2D eigenvalue weighted by Crippen LogP contribution is -2.21. The molecule has 0 aliphatic heterocycles. The minimum Gasteiger partial charge on any atom is -0.450 e. The Labute approximate surface area is 169 Å². The van der Waals surface area contributed by atoms with E-state index in [1.807, 2.05) is 0 Å². The number of benzene rings is 2. The molecule has 29 heavy (non-hydrogen) atoms. The van der Waals surface area contributed by atoms with Crippen molar-refractivity contribution in [2.75, 3.05) is 11.9 Å². The summed E-state index contributed by atoms with van der Waals surface area (Å²) in [5, 5.41) is 2.91. The van der Waals surface area contributed by atoms with E-state index in [-0.39, 0.29) is 22.5 Å². The Kier molecular flexibility index (Phi) is 4.77. The SMILES string of the molecule is O=C(COC(=O)c1cc(=O)c2ccccc2o1)Nc1cc2[nH]c(=O)[nH]c2cc1Br. The van der Waals surface area contributed by atoms with Crippen molar-refractivity contribution in [3.8, 4) is 0 Å². The number of carbonyl (C=O) groups excluding carboxylic acids is 2. The van der Waals surface area contributed by atoms with Crippen molar-refractivity contribution >= 4 is 55.5 Å². The third kappa shape index (κ3) is 3.83. The Hall–Kier alpha value is -3.66. The van der Waals surface area contributed by atoms with Gasteiger partial charge < -0.3 is 24.4 Å². The van der Waals surface area contributed by atoms with Gasteiger partial charge in [-0.25, -0.2) is 9.59 Å². The van der Waals surface area contributed by atoms with Gasteiger partial charge in [0.25, 0.3) is 5.91 Å². The first-order valence-corrected chi connectivity index (χ1v) is 9.11. The van der Waals surface area contributed by atoms with Crippen LogP contribution in [0.25, 0.3) is 22.0 Å². The van der Waals surface area contributed by atoms with E-state index in [1.165, 1.54) is 0 Å². The largest absolute Gasteiger partial charge is 0.450 e. The number of halogens is 1. The molecular weight excluding hydrogens is 446 g/mol. The van der Waals surface area contributed by atoms with Crippen LogP contribution in [0.1, 0.15) is 10.6 Å². The van der Waals surface area contributed by atoms with Gasteiger partial charge in [0.2, 0.25) is 5.76 Å². The number of H-pyrrole nitrogens is 2. The van der Waals surface area contributed by atoms with Crippen LogP contribution in [0.3, 0.4) is 0 Å². The standard InChI is InChI=1S/C19H12BrN3O6/c20-10-5-12-13(23-19(27)22-12)6-11(10)21-17(25)8-28-18(26)16-7-14(24)9-3-1-2-4-15(9)29-16/h1-7H,8H2,(H,21,25)(H2,22,23,27). The van der Waals surface area contributed by atoms with E-state index in [2.05, 4.69) is 31.2 Å². The highest BCUT2D eigenvalue weighted by Crippen LogP contribution is 2.26. The van der Waals surface area contributed by atoms with Gasteiger partial charge in [0, 0.05) is 10.5 Å². The van der Waals surface area contributed by atoms with Crippen LogP contribution in [-0.4, -0.2) is 28.5 Å². The van der Waals surface area contributed by atoms with E-state index in [0.717, 1.165) is 6.07 Å². The van der Waals surface area contributed by atoms with Crippen LogP contribution in [0.15, 0.2) is 60.9 Å². The second kappa shape index (κ2) is 7.40. The first-order valence-electron chi connectivity index (χ1n) is 8.32. The molecule has 0 saturated heterocycles. The summed E-state index contributed by atoms with van der Waals surface area (Å²) >= 11 is 3.29. The number of para-hydroxylation sites is 1. The van der Waals surface area contributed by atoms with E-state index >= 15 is 0 Å². The fourth-order valence-corrected chi connectivity index (χ4v) is 3.19. The van der Waals surface area contributed by atoms with Crippen LogP contribution in [0.5, 0.6) is 0 Å². The lowest BCUT2D eigenvalue weighted by Gasteiger charge is -2.08. The molecule has 0 unspecified atom stereocenters. The van der Waals surface area contributed by atoms with Crippen molar-refractivity contribution in [2.24, 2.45) is 0 Å². The number of rotatable bonds is 4. The second-order valence-electron chi connectivity index (χ2n) is 6.05. The molecule has 0 fully saturated rings. The number of ether oxygens (including phenoxy) is 1. The monoisotopic (exact) mass is 457 g/mol. The molecule has 2 heterocycles. The van der Waals surface area contributed by atoms with Crippen molar-refractivity contribution in [2.45, 2.75) is 0 Å². The summed E-state index contributed by atoms with van der Waals surface area (Å²) in [6.45, 7) is -0.594. The topological polar surface area (TPSA) is 134 Å². The molecule has 4 rings (SSSR count). The van der Waals surface area contributed by atoms with E-state index < -0.39 is 18.5 Å². The van der Waals surface area contributed by atoms with Gasteiger partial charge in [0.15, 0.2) is 12.0 Å². The zero-order chi connectivity index (χ0) is 20.5. The summed E-state index contributed by atoms with van der Waals surface area (Å²) in [5.74, 6) is -1.85. The molecule has 2 aromatic carbocycles. The van der Waals surface area contributed by atoms with E-state index in [4.69, 9.17) is 9.15 Å². The molecule has 0 saturated carbocycles. The number of carbonyl (C=O) groups is 2. The van der Waals surface area contributed by atoms with Gasteiger partial charge in [-0.05, 0) is 40.2 Å². The van der Waals surface area contributed by atoms with Crippen molar-refractivity contribution < 1.29 is 18.7 Å². The van der Waals surface area contributed by atoms with Gasteiger partial charge in [0.05, 0.1) is 22.1 Å². The number of amides is 1. The van der Waals surface area contributed by atoms with Gasteiger partial charge in [-0.3, -0.25) is 9.59 Å². The maximum Gasteiger partial charge on any atom is 0.374 e. The van der Waals surface area contributed by atoms with Crippen LogP contribution in [0.4, 0.5) is 5.69 Å². The van der Waals surface area contributed by atoms with Gasteiger partial charge in [-0.1, -0.05) is 12.1 Å². The Morgan fingerprint density at radius 2 is 1.79 bits per heavy atom. The number of aromatic nitrogens is 2. The number of nitrogens with one attached hydrogen (secondary N) is 3. The number of esters is 1. The van der Waals surface area contributed by atoms with Crippen LogP contribution < -0.4 is 16.4 Å². The molecule has 2 aromatic heterocycles. The number of anilines is 1. The highest BCUT2D eigenvalue weighted by molar-refractivity contribution is 9.10. The molecule has 0 aliphatic carbocycles. The average molecular weight is 458 g/mol. The summed E-state index contributed by atoms with van der Waals surface area (Å²) in [6.07, 6.45) is 0. The molecule has 0 radical (unpaired) electrons. The minimum atomic E-state index is -0.938. The van der Waals surface area contributed by atoms with Crippen molar-refractivity contribution in [1.82, 2.24) is 9.97 Å². The molecule has 1 amide bonds. The Morgan fingerprint density at radius 1 is 1.07 bits per heavy atom. The molecule has 0 spiro atoms. The maximum atomic E-state index is 12.2. The van der Waals surface area contributed by atoms with Crippen molar-refractivity contribution in [3.05, 3.63) is 73.4 Å². The molecule has 0 aliphatic rings. The van der Waals surface area contributed by atoms with E-state index in [0.29, 0.717) is 26.6 Å². The Balaban J connectivity index is 1.46.